The summed E-state index contributed by atoms with van der Waals surface area (Å²) in [5.74, 6) is -6.78. The van der Waals surface area contributed by atoms with Crippen LogP contribution in [-0.4, -0.2) is 218 Å². The highest BCUT2D eigenvalue weighted by molar-refractivity contribution is 6.02. The largest absolute Gasteiger partial charge is 0.433 e. The van der Waals surface area contributed by atoms with Gasteiger partial charge < -0.3 is 60.3 Å². The van der Waals surface area contributed by atoms with Crippen LogP contribution in [0.2, 0.25) is 0 Å². The van der Waals surface area contributed by atoms with E-state index in [1.807, 2.05) is 84.9 Å². The van der Waals surface area contributed by atoms with E-state index in [1.54, 1.807) is 91.0 Å². The molecule has 1 aliphatic carbocycles. The molecule has 9 aliphatic heterocycles. The molecule has 33 nitrogen and oxygen atoms in total. The number of cyclic esters (lactones) is 3. The van der Waals surface area contributed by atoms with Gasteiger partial charge in [0.15, 0.2) is 0 Å². The lowest BCUT2D eigenvalue weighted by molar-refractivity contribution is -0.180. The number of amides is 12. The lowest BCUT2D eigenvalue weighted by atomic mass is 10.0. The first-order chi connectivity index (χ1) is 57.7. The molecule has 6 aromatic rings. The van der Waals surface area contributed by atoms with Gasteiger partial charge in [0.25, 0.3) is 35.4 Å². The predicted octanol–water partition coefficient (Wildman–Crippen LogP) is 3.83. The van der Waals surface area contributed by atoms with Crippen LogP contribution < -0.4 is 31.9 Å². The molecule has 10 aliphatic rings. The zero-order chi connectivity index (χ0) is 83.2. The summed E-state index contributed by atoms with van der Waals surface area (Å²) in [6, 6.07) is 44.1. The number of fused-ring (bicyclic) bond motifs is 4. The van der Waals surface area contributed by atoms with Crippen LogP contribution in [0, 0.1) is 0 Å². The molecule has 0 radical (unpaired) electrons. The van der Waals surface area contributed by atoms with E-state index in [9.17, 15) is 71.9 Å². The first kappa shape index (κ1) is 82.8. The molecule has 9 fully saturated rings. The maximum Gasteiger partial charge on any atom is 0.310 e. The summed E-state index contributed by atoms with van der Waals surface area (Å²) in [7, 11) is 0. The summed E-state index contributed by atoms with van der Waals surface area (Å²) in [6.07, 6.45) is 1.09. The van der Waals surface area contributed by atoms with Crippen molar-refractivity contribution in [3.05, 3.63) is 215 Å². The van der Waals surface area contributed by atoms with Gasteiger partial charge >= 0.3 is 17.9 Å². The third-order valence-electron chi connectivity index (χ3n) is 22.2. The van der Waals surface area contributed by atoms with Crippen molar-refractivity contribution in [1.82, 2.24) is 62.0 Å². The highest BCUT2D eigenvalue weighted by Gasteiger charge is 2.51. The second-order valence-electron chi connectivity index (χ2n) is 30.4. The summed E-state index contributed by atoms with van der Waals surface area (Å²) in [4.78, 5) is 195. The Morgan fingerprint density at radius 3 is 0.941 bits per heavy atom. The molecule has 33 heteroatoms. The summed E-state index contributed by atoms with van der Waals surface area (Å²) < 4.78 is 33.7. The Morgan fingerprint density at radius 2 is 0.622 bits per heavy atom. The van der Waals surface area contributed by atoms with Gasteiger partial charge in [-0.3, -0.25) is 86.9 Å². The summed E-state index contributed by atoms with van der Waals surface area (Å²) in [6.45, 7) is 1.25. The minimum Gasteiger partial charge on any atom is -0.433 e. The zero-order valence-corrected chi connectivity index (χ0v) is 65.1. The minimum atomic E-state index is -0.991. The first-order valence-corrected chi connectivity index (χ1v) is 40.2. The highest BCUT2D eigenvalue weighted by atomic mass is 16.7. The van der Waals surface area contributed by atoms with Crippen molar-refractivity contribution < 1.29 is 100 Å². The Morgan fingerprint density at radius 1 is 0.336 bits per heavy atom. The highest BCUT2D eigenvalue weighted by Crippen LogP contribution is 2.33. The number of nitrogens with one attached hydrogen (secondary N) is 6. The first-order valence-electron chi connectivity index (χ1n) is 40.2. The fraction of sp³-hybridized carbons (Fsp3) is 0.407. The Labute approximate surface area is 684 Å². The number of carbonyl (C=O) groups excluding carboxylic acids is 15. The molecular weight excluding hydrogens is 1540 g/mol. The molecule has 9 heterocycles. The molecule has 16 rings (SSSR count). The number of nitrogens with zero attached hydrogens (tertiary/aromatic N) is 6. The van der Waals surface area contributed by atoms with Crippen LogP contribution in [-0.2, 0) is 112 Å². The molecule has 0 aromatic heterocycles. The van der Waals surface area contributed by atoms with Crippen molar-refractivity contribution in [1.29, 1.82) is 0 Å². The molecule has 9 saturated heterocycles. The second kappa shape index (κ2) is 38.1. The van der Waals surface area contributed by atoms with Gasteiger partial charge in [-0.1, -0.05) is 140 Å². The van der Waals surface area contributed by atoms with Crippen molar-refractivity contribution in [2.24, 2.45) is 0 Å². The Balaban J connectivity index is 0.000000146. The van der Waals surface area contributed by atoms with E-state index in [4.69, 9.17) is 28.4 Å². The summed E-state index contributed by atoms with van der Waals surface area (Å²) in [5.41, 5.74) is 5.29. The number of hydrazine groups is 3. The van der Waals surface area contributed by atoms with E-state index in [2.05, 4.69) is 31.9 Å². The Kier molecular flexibility index (Phi) is 26.5. The zero-order valence-electron chi connectivity index (χ0n) is 65.1. The van der Waals surface area contributed by atoms with Gasteiger partial charge in [0.1, 0.15) is 54.4 Å². The van der Waals surface area contributed by atoms with Crippen molar-refractivity contribution in [2.75, 3.05) is 19.6 Å². The fourth-order valence-corrected chi connectivity index (χ4v) is 16.2. The van der Waals surface area contributed by atoms with Crippen LogP contribution in [0.15, 0.2) is 176 Å². The number of carbonyl (C=O) groups is 15. The average molecular weight is 1630 g/mol. The molecule has 0 spiro atoms. The van der Waals surface area contributed by atoms with Gasteiger partial charge in [-0.15, -0.1) is 0 Å². The average Bonchev–Trinajstić information content (AvgIpc) is 1.72. The lowest BCUT2D eigenvalue weighted by Gasteiger charge is -2.43. The van der Waals surface area contributed by atoms with E-state index in [0.717, 1.165) is 11.1 Å². The van der Waals surface area contributed by atoms with Crippen LogP contribution in [0.4, 0.5) is 0 Å². The van der Waals surface area contributed by atoms with Crippen molar-refractivity contribution >= 4 is 88.8 Å². The van der Waals surface area contributed by atoms with Gasteiger partial charge in [0.2, 0.25) is 54.3 Å². The monoisotopic (exact) mass is 1630 g/mol. The summed E-state index contributed by atoms with van der Waals surface area (Å²) in [5, 5.41) is 24.2. The van der Waals surface area contributed by atoms with Crippen LogP contribution in [0.25, 0.3) is 0 Å². The number of hydrogen-bond acceptors (Lipinski definition) is 21. The third-order valence-corrected chi connectivity index (χ3v) is 22.2. The number of benzene rings is 6. The molecule has 12 atom stereocenters. The lowest BCUT2D eigenvalue weighted by Crippen LogP contribution is -2.64. The Bertz CT molecular complexity index is 4570. The normalized spacial score (nSPS) is 25.4. The van der Waals surface area contributed by atoms with Crippen LogP contribution in [0.5, 0.6) is 0 Å². The van der Waals surface area contributed by atoms with E-state index < -0.39 is 144 Å². The Hall–Kier alpha value is -12.8. The van der Waals surface area contributed by atoms with E-state index in [0.29, 0.717) is 87.7 Å². The van der Waals surface area contributed by atoms with Gasteiger partial charge in [-0.05, 0) is 129 Å². The third kappa shape index (κ3) is 19.9. The van der Waals surface area contributed by atoms with Crippen LogP contribution >= 0.6 is 0 Å². The van der Waals surface area contributed by atoms with Crippen LogP contribution in [0.3, 0.4) is 0 Å². The van der Waals surface area contributed by atoms with Gasteiger partial charge in [0.05, 0.1) is 38.6 Å². The molecule has 622 valence electrons. The standard InChI is InChI=1S/C30H32N4O7.2C28H30N4O7/c35-25-13-12-22(31-27(37)18-7-2-1-3-8-18)29(39)34-24(11-6-14-33(25)34)28(38)32-23-17-26(36)41-30(23)40-21-15-19-9-4-5-10-20(19)16-21;2*33-23-14-13-20(29-25(35)19-10-5-2-6-11-19)27(37)32-22(12-7-15-31(23)32)26(36)30-21-16-24(34)39-28(21)38-17-18-8-3-1-4-9-18/h1-5,7-10,21-24,30H,6,11-17H2,(H,31,37)(H,32,38);2*1-6,8-11,20-22,28H,7,12-17H2,(H,29,35)(H,30,36)/t22-,23-,24-,30+;20-,21-,22-,28?;20-,21-,22-,28+/m000/s1. The maximum atomic E-state index is 13.7. The molecule has 0 saturated carbocycles. The van der Waals surface area contributed by atoms with Crippen LogP contribution in [0.1, 0.15) is 150 Å². The number of esters is 3. The van der Waals surface area contributed by atoms with E-state index in [-0.39, 0.29) is 94.8 Å². The molecule has 0 bridgehead atoms. The molecule has 6 N–H and O–H groups in total. The minimum absolute atomic E-state index is 0.0523. The second-order valence-corrected chi connectivity index (χ2v) is 30.4. The van der Waals surface area contributed by atoms with E-state index >= 15 is 0 Å². The fourth-order valence-electron chi connectivity index (χ4n) is 16.2. The molecule has 1 unspecified atom stereocenters. The van der Waals surface area contributed by atoms with Gasteiger partial charge in [-0.25, -0.2) is 15.0 Å². The smallest absolute Gasteiger partial charge is 0.310 e. The SMILES string of the molecule is O=C1C[C@H](NC(=O)[C@@H]2CCCN3C(=O)CC[C@H](NC(=O)c4ccccc4)C(=O)N23)C(OCc2ccccc2)O1.O=C1C[C@H](NC(=O)[C@@H]2CCCN3C(=O)CC[C@H](NC(=O)c4ccccc4)C(=O)N23)[C@H](OC2Cc3ccccc3C2)O1.O=C1C[C@H](NC(=O)[C@@H]2CCCN3C(=O)CC[C@H](NC(=O)c4ccccc4)C(=O)N23)[C@H](OCc2ccccc2)O1. The topological polar surface area (TPSA) is 403 Å². The molecule has 6 aromatic carbocycles. The number of ether oxygens (including phenoxy) is 6. The van der Waals surface area contributed by atoms with Crippen molar-refractivity contribution in [2.45, 2.75) is 202 Å². The number of rotatable bonds is 20. The quantitative estimate of drug-likeness (QED) is 0.0467. The molecular formula is C86H92N12O21. The number of hydrogen-bond donors (Lipinski definition) is 6. The maximum absolute atomic E-state index is 13.7. The molecule has 119 heavy (non-hydrogen) atoms. The molecule has 12 amide bonds. The van der Waals surface area contributed by atoms with Gasteiger partial charge in [0, 0.05) is 55.6 Å². The van der Waals surface area contributed by atoms with Gasteiger partial charge in [-0.2, -0.15) is 0 Å². The predicted molar refractivity (Wildman–Crippen MR) is 416 cm³/mol. The van der Waals surface area contributed by atoms with E-state index in [1.165, 1.54) is 41.2 Å². The van der Waals surface area contributed by atoms with Crippen molar-refractivity contribution in [3.8, 4) is 0 Å². The van der Waals surface area contributed by atoms with Crippen molar-refractivity contribution in [3.63, 3.8) is 0 Å². The summed E-state index contributed by atoms with van der Waals surface area (Å²) >= 11 is 0.